The molecule has 1 N–H and O–H groups in total. The minimum absolute atomic E-state index is 0.116. The van der Waals surface area contributed by atoms with Crippen molar-refractivity contribution in [1.82, 2.24) is 14.9 Å². The summed E-state index contributed by atoms with van der Waals surface area (Å²) in [5, 5.41) is 6.96. The second-order valence-corrected chi connectivity index (χ2v) is 6.42. The van der Waals surface area contributed by atoms with Crippen molar-refractivity contribution in [2.75, 3.05) is 13.7 Å². The lowest BCUT2D eigenvalue weighted by Gasteiger charge is -2.27. The molecule has 0 unspecified atom stereocenters. The Morgan fingerprint density at radius 3 is 2.77 bits per heavy atom. The number of nitrogens with one attached hydrogen (secondary N) is 1. The van der Waals surface area contributed by atoms with E-state index in [0.29, 0.717) is 17.8 Å². The first kappa shape index (κ1) is 16.4. The molecule has 22 heavy (non-hydrogen) atoms. The summed E-state index contributed by atoms with van der Waals surface area (Å²) in [6, 6.07) is 7.87. The lowest BCUT2D eigenvalue weighted by atomic mass is 9.84. The van der Waals surface area contributed by atoms with E-state index in [-0.39, 0.29) is 11.3 Å². The highest BCUT2D eigenvalue weighted by Gasteiger charge is 2.26. The van der Waals surface area contributed by atoms with Gasteiger partial charge >= 0.3 is 0 Å². The Bertz CT molecular complexity index is 652. The van der Waals surface area contributed by atoms with Crippen LogP contribution < -0.4 is 10.1 Å². The number of aromatic nitrogens is 2. The molecule has 6 heteroatoms. The van der Waals surface area contributed by atoms with Gasteiger partial charge in [0.1, 0.15) is 10.6 Å². The summed E-state index contributed by atoms with van der Waals surface area (Å²) in [4.78, 5) is 12.9. The predicted octanol–water partition coefficient (Wildman–Crippen LogP) is 2.82. The molecular formula is C16H21N3O2S. The lowest BCUT2D eigenvalue weighted by molar-refractivity contribution is 0.0948. The number of hydrogen-bond acceptors (Lipinski definition) is 5. The first-order chi connectivity index (χ1) is 10.5. The van der Waals surface area contributed by atoms with Crippen molar-refractivity contribution in [1.29, 1.82) is 0 Å². The van der Waals surface area contributed by atoms with Gasteiger partial charge in [0.05, 0.1) is 12.8 Å². The number of aryl methyl sites for hydroxylation is 1. The Kier molecular flexibility index (Phi) is 5.13. The largest absolute Gasteiger partial charge is 0.496 e. The van der Waals surface area contributed by atoms with Crippen molar-refractivity contribution in [3.05, 3.63) is 40.4 Å². The molecule has 0 aliphatic carbocycles. The highest BCUT2D eigenvalue weighted by molar-refractivity contribution is 7.08. The zero-order chi connectivity index (χ0) is 16.2. The quantitative estimate of drug-likeness (QED) is 0.889. The van der Waals surface area contributed by atoms with Gasteiger partial charge in [0.25, 0.3) is 5.91 Å². The van der Waals surface area contributed by atoms with Crippen LogP contribution in [0.25, 0.3) is 0 Å². The van der Waals surface area contributed by atoms with Crippen LogP contribution in [0, 0.1) is 0 Å². The summed E-state index contributed by atoms with van der Waals surface area (Å²) in [5.74, 6) is 0.713. The number of nitrogens with zero attached hydrogens (tertiary/aromatic N) is 2. The van der Waals surface area contributed by atoms with E-state index in [1.807, 2.05) is 31.2 Å². The van der Waals surface area contributed by atoms with Crippen LogP contribution in [0.3, 0.4) is 0 Å². The molecule has 5 nitrogen and oxygen atoms in total. The Labute approximate surface area is 134 Å². The van der Waals surface area contributed by atoms with Gasteiger partial charge in [-0.1, -0.05) is 43.5 Å². The number of benzene rings is 1. The Morgan fingerprint density at radius 2 is 2.09 bits per heavy atom. The average molecular weight is 319 g/mol. The number of carbonyl (C=O) groups is 1. The number of rotatable bonds is 6. The van der Waals surface area contributed by atoms with Crippen LogP contribution in [0.5, 0.6) is 5.75 Å². The summed E-state index contributed by atoms with van der Waals surface area (Å²) in [7, 11) is 1.66. The van der Waals surface area contributed by atoms with Crippen molar-refractivity contribution in [2.24, 2.45) is 0 Å². The topological polar surface area (TPSA) is 64.1 Å². The minimum Gasteiger partial charge on any atom is -0.496 e. The van der Waals surface area contributed by atoms with Crippen molar-refractivity contribution in [3.63, 3.8) is 0 Å². The third-order valence-corrected chi connectivity index (χ3v) is 4.39. The highest BCUT2D eigenvalue weighted by Crippen LogP contribution is 2.30. The molecule has 1 amide bonds. The van der Waals surface area contributed by atoms with E-state index >= 15 is 0 Å². The Morgan fingerprint density at radius 1 is 1.36 bits per heavy atom. The molecule has 0 bridgehead atoms. The van der Waals surface area contributed by atoms with E-state index < -0.39 is 0 Å². The van der Waals surface area contributed by atoms with Gasteiger partial charge in [0.2, 0.25) is 0 Å². The molecule has 118 valence electrons. The molecule has 0 spiro atoms. The van der Waals surface area contributed by atoms with E-state index in [2.05, 4.69) is 28.8 Å². The summed E-state index contributed by atoms with van der Waals surface area (Å²) < 4.78 is 9.27. The standard InChI is InChI=1S/C16H21N3O2S/c1-5-12-14(22-19-18-12)15(20)17-10-16(2,3)11-8-6-7-9-13(11)21-4/h6-9H,5,10H2,1-4H3,(H,17,20). The van der Waals surface area contributed by atoms with E-state index in [1.165, 1.54) is 0 Å². The molecule has 0 radical (unpaired) electrons. The molecule has 1 heterocycles. The molecule has 2 rings (SSSR count). The third kappa shape index (κ3) is 3.44. The molecule has 0 saturated carbocycles. The van der Waals surface area contributed by atoms with E-state index in [0.717, 1.165) is 28.5 Å². The number of carbonyl (C=O) groups excluding carboxylic acids is 1. The maximum Gasteiger partial charge on any atom is 0.264 e. The van der Waals surface area contributed by atoms with Gasteiger partial charge in [0, 0.05) is 17.5 Å². The zero-order valence-corrected chi connectivity index (χ0v) is 14.2. The molecule has 0 fully saturated rings. The molecule has 1 aromatic heterocycles. The Balaban J connectivity index is 2.11. The van der Waals surface area contributed by atoms with Gasteiger partial charge in [-0.15, -0.1) is 5.10 Å². The van der Waals surface area contributed by atoms with E-state index in [1.54, 1.807) is 7.11 Å². The third-order valence-electron chi connectivity index (χ3n) is 3.62. The second-order valence-electron chi connectivity index (χ2n) is 5.67. The molecule has 1 aromatic carbocycles. The summed E-state index contributed by atoms with van der Waals surface area (Å²) in [5.41, 5.74) is 1.57. The average Bonchev–Trinajstić information content (AvgIpc) is 3.01. The van der Waals surface area contributed by atoms with Crippen molar-refractivity contribution in [3.8, 4) is 5.75 Å². The number of amides is 1. The number of para-hydroxylation sites is 1. The van der Waals surface area contributed by atoms with Gasteiger partial charge in [-0.05, 0) is 24.0 Å². The van der Waals surface area contributed by atoms with Gasteiger partial charge < -0.3 is 10.1 Å². The summed E-state index contributed by atoms with van der Waals surface area (Å²) >= 11 is 1.14. The SMILES string of the molecule is CCc1nnsc1C(=O)NCC(C)(C)c1ccccc1OC. The predicted molar refractivity (Wildman–Crippen MR) is 87.6 cm³/mol. The minimum atomic E-state index is -0.243. The van der Waals surface area contributed by atoms with Gasteiger partial charge in [0.15, 0.2) is 0 Å². The van der Waals surface area contributed by atoms with Crippen LogP contribution in [0.1, 0.15) is 41.7 Å². The zero-order valence-electron chi connectivity index (χ0n) is 13.3. The second kappa shape index (κ2) is 6.87. The van der Waals surface area contributed by atoms with Crippen LogP contribution in [0.15, 0.2) is 24.3 Å². The normalized spacial score (nSPS) is 11.3. The van der Waals surface area contributed by atoms with Crippen LogP contribution in [-0.4, -0.2) is 29.1 Å². The molecule has 0 saturated heterocycles. The number of methoxy groups -OCH3 is 1. The van der Waals surface area contributed by atoms with Crippen molar-refractivity contribution >= 4 is 17.4 Å². The van der Waals surface area contributed by atoms with Crippen molar-refractivity contribution < 1.29 is 9.53 Å². The molecule has 0 aliphatic heterocycles. The van der Waals surface area contributed by atoms with Gasteiger partial charge in [-0.25, -0.2) is 0 Å². The summed E-state index contributed by atoms with van der Waals surface area (Å²) in [6.07, 6.45) is 0.704. The van der Waals surface area contributed by atoms with Crippen LogP contribution in [-0.2, 0) is 11.8 Å². The van der Waals surface area contributed by atoms with E-state index in [4.69, 9.17) is 4.74 Å². The molecule has 0 aliphatic rings. The van der Waals surface area contributed by atoms with Crippen molar-refractivity contribution in [2.45, 2.75) is 32.6 Å². The fourth-order valence-corrected chi connectivity index (χ4v) is 2.96. The lowest BCUT2D eigenvalue weighted by Crippen LogP contribution is -2.37. The monoisotopic (exact) mass is 319 g/mol. The van der Waals surface area contributed by atoms with E-state index in [9.17, 15) is 4.79 Å². The van der Waals surface area contributed by atoms with Crippen LogP contribution in [0.4, 0.5) is 0 Å². The fourth-order valence-electron chi connectivity index (χ4n) is 2.29. The molecular weight excluding hydrogens is 298 g/mol. The van der Waals surface area contributed by atoms with Crippen LogP contribution in [0.2, 0.25) is 0 Å². The maximum absolute atomic E-state index is 12.3. The van der Waals surface area contributed by atoms with Crippen LogP contribution >= 0.6 is 11.5 Å². The molecule has 0 atom stereocenters. The molecule has 2 aromatic rings. The fraction of sp³-hybridized carbons (Fsp3) is 0.438. The number of hydrogen-bond donors (Lipinski definition) is 1. The van der Waals surface area contributed by atoms with Gasteiger partial charge in [-0.2, -0.15) is 0 Å². The smallest absolute Gasteiger partial charge is 0.264 e. The first-order valence-corrected chi connectivity index (χ1v) is 8.00. The Hall–Kier alpha value is -1.95. The first-order valence-electron chi connectivity index (χ1n) is 7.22. The van der Waals surface area contributed by atoms with Gasteiger partial charge in [-0.3, -0.25) is 4.79 Å². The maximum atomic E-state index is 12.3. The summed E-state index contributed by atoms with van der Waals surface area (Å²) in [6.45, 7) is 6.63. The number of ether oxygens (including phenoxy) is 1. The highest BCUT2D eigenvalue weighted by atomic mass is 32.1.